The molecule has 3 rings (SSSR count). The number of hydrogen-bond donors (Lipinski definition) is 2. The number of anilines is 2. The van der Waals surface area contributed by atoms with Crippen LogP contribution in [0.2, 0.25) is 0 Å². The number of ether oxygens (including phenoxy) is 1. The number of aromatic nitrogens is 4. The lowest BCUT2D eigenvalue weighted by atomic mass is 10.1. The van der Waals surface area contributed by atoms with E-state index in [0.29, 0.717) is 16.6 Å². The van der Waals surface area contributed by atoms with Crippen LogP contribution in [0.15, 0.2) is 24.4 Å². The molecule has 1 unspecified atom stereocenters. The summed E-state index contributed by atoms with van der Waals surface area (Å²) in [6.45, 7) is 6.20. The molecule has 2 aromatic heterocycles. The molecule has 0 fully saturated rings. The van der Waals surface area contributed by atoms with Gasteiger partial charge in [-0.05, 0) is 38.5 Å². The second-order valence-electron chi connectivity index (χ2n) is 7.22. The number of rotatable bonds is 5. The first-order valence-corrected chi connectivity index (χ1v) is 8.43. The summed E-state index contributed by atoms with van der Waals surface area (Å²) < 4.78 is 33.8. The maximum absolute atomic E-state index is 13.6. The fraction of sp³-hybridized carbons (Fsp3) is 0.389. The number of halogens is 2. The van der Waals surface area contributed by atoms with Crippen LogP contribution in [0.25, 0.3) is 11.0 Å². The molecule has 0 aliphatic heterocycles. The van der Waals surface area contributed by atoms with Crippen LogP contribution in [0.1, 0.15) is 32.4 Å². The average Bonchev–Trinajstić information content (AvgIpc) is 3.02. The average molecular weight is 376 g/mol. The molecular formula is C18H22F2N6O. The van der Waals surface area contributed by atoms with Gasteiger partial charge in [0.2, 0.25) is 5.95 Å². The van der Waals surface area contributed by atoms with Crippen molar-refractivity contribution >= 4 is 22.8 Å². The highest BCUT2D eigenvalue weighted by atomic mass is 19.2. The van der Waals surface area contributed by atoms with E-state index in [0.717, 1.165) is 12.1 Å². The monoisotopic (exact) mass is 376 g/mol. The minimum Gasteiger partial charge on any atom is -0.383 e. The largest absolute Gasteiger partial charge is 0.383 e. The Bertz CT molecular complexity index is 966. The number of methoxy groups -OCH3 is 1. The van der Waals surface area contributed by atoms with Crippen LogP contribution in [0, 0.1) is 11.6 Å². The van der Waals surface area contributed by atoms with Gasteiger partial charge in [-0.15, -0.1) is 0 Å². The van der Waals surface area contributed by atoms with Crippen molar-refractivity contribution < 1.29 is 13.5 Å². The summed E-state index contributed by atoms with van der Waals surface area (Å²) in [5, 5.41) is 8.09. The molecule has 0 radical (unpaired) electrons. The maximum Gasteiger partial charge on any atom is 0.227 e. The Morgan fingerprint density at radius 3 is 2.59 bits per heavy atom. The fourth-order valence-electron chi connectivity index (χ4n) is 2.76. The first-order valence-electron chi connectivity index (χ1n) is 8.43. The lowest BCUT2D eigenvalue weighted by molar-refractivity contribution is 0.186. The first-order chi connectivity index (χ1) is 12.7. The first kappa shape index (κ1) is 19.0. The normalized spacial score (nSPS) is 13.1. The molecule has 0 aliphatic carbocycles. The number of fused-ring (bicyclic) bond motifs is 1. The number of hydrogen-bond acceptors (Lipinski definition) is 6. The van der Waals surface area contributed by atoms with E-state index >= 15 is 0 Å². The topological polar surface area (TPSA) is 90.9 Å². The zero-order valence-corrected chi connectivity index (χ0v) is 15.6. The zero-order chi connectivity index (χ0) is 19.8. The maximum atomic E-state index is 13.6. The molecule has 144 valence electrons. The summed E-state index contributed by atoms with van der Waals surface area (Å²) in [7, 11) is 1.52. The van der Waals surface area contributed by atoms with Gasteiger partial charge in [-0.1, -0.05) is 6.07 Å². The second kappa shape index (κ2) is 7.07. The molecule has 1 atom stereocenters. The summed E-state index contributed by atoms with van der Waals surface area (Å²) in [5.41, 5.74) is 6.85. The van der Waals surface area contributed by atoms with Crippen molar-refractivity contribution in [2.24, 2.45) is 0 Å². The summed E-state index contributed by atoms with van der Waals surface area (Å²) in [4.78, 5) is 8.79. The fourth-order valence-corrected chi connectivity index (χ4v) is 2.76. The van der Waals surface area contributed by atoms with Gasteiger partial charge in [-0.2, -0.15) is 15.1 Å². The Labute approximate surface area is 155 Å². The molecule has 0 saturated carbocycles. The molecule has 3 N–H and O–H groups in total. The third-order valence-electron chi connectivity index (χ3n) is 4.08. The highest BCUT2D eigenvalue weighted by Crippen LogP contribution is 2.26. The highest BCUT2D eigenvalue weighted by molar-refractivity contribution is 5.86. The smallest absolute Gasteiger partial charge is 0.227 e. The van der Waals surface area contributed by atoms with Gasteiger partial charge in [0.15, 0.2) is 17.3 Å². The predicted octanol–water partition coefficient (Wildman–Crippen LogP) is 3.24. The standard InChI is InChI=1S/C18H22F2N6O/c1-18(2,3)26-16-11(8-22-26)15(21)24-17(25-16)23-14(9-27-4)10-5-6-12(19)13(20)7-10/h5-8,14H,9H2,1-4H3,(H3,21,23,24,25). The highest BCUT2D eigenvalue weighted by Gasteiger charge is 2.21. The van der Waals surface area contributed by atoms with Crippen molar-refractivity contribution in [3.63, 3.8) is 0 Å². The molecule has 7 nitrogen and oxygen atoms in total. The summed E-state index contributed by atoms with van der Waals surface area (Å²) in [6.07, 6.45) is 1.63. The van der Waals surface area contributed by atoms with Crippen LogP contribution in [0.4, 0.5) is 20.5 Å². The predicted molar refractivity (Wildman–Crippen MR) is 99.3 cm³/mol. The molecule has 9 heteroatoms. The third kappa shape index (κ3) is 3.82. The molecule has 0 saturated heterocycles. The second-order valence-corrected chi connectivity index (χ2v) is 7.22. The number of nitrogens with one attached hydrogen (secondary N) is 1. The van der Waals surface area contributed by atoms with Gasteiger partial charge in [0.05, 0.1) is 29.8 Å². The molecule has 1 aromatic carbocycles. The molecule has 0 spiro atoms. The quantitative estimate of drug-likeness (QED) is 0.710. The van der Waals surface area contributed by atoms with Crippen molar-refractivity contribution in [2.75, 3.05) is 24.8 Å². The Hall–Kier alpha value is -2.81. The summed E-state index contributed by atoms with van der Waals surface area (Å²) >= 11 is 0. The van der Waals surface area contributed by atoms with E-state index in [1.165, 1.54) is 13.2 Å². The number of nitrogen functional groups attached to an aromatic ring is 1. The molecule has 0 bridgehead atoms. The Balaban J connectivity index is 2.01. The van der Waals surface area contributed by atoms with Crippen molar-refractivity contribution in [1.29, 1.82) is 0 Å². The summed E-state index contributed by atoms with van der Waals surface area (Å²) in [5.74, 6) is -1.32. The van der Waals surface area contributed by atoms with Gasteiger partial charge in [0.1, 0.15) is 5.82 Å². The summed E-state index contributed by atoms with van der Waals surface area (Å²) in [6, 6.07) is 3.18. The lowest BCUT2D eigenvalue weighted by Gasteiger charge is -2.21. The van der Waals surface area contributed by atoms with E-state index in [2.05, 4.69) is 20.4 Å². The van der Waals surface area contributed by atoms with Crippen LogP contribution in [-0.4, -0.2) is 33.5 Å². The van der Waals surface area contributed by atoms with E-state index in [1.807, 2.05) is 20.8 Å². The van der Waals surface area contributed by atoms with Crippen LogP contribution in [0.3, 0.4) is 0 Å². The van der Waals surface area contributed by atoms with E-state index in [-0.39, 0.29) is 23.9 Å². The number of benzene rings is 1. The van der Waals surface area contributed by atoms with Gasteiger partial charge in [-0.3, -0.25) is 0 Å². The van der Waals surface area contributed by atoms with Gasteiger partial charge < -0.3 is 15.8 Å². The molecule has 27 heavy (non-hydrogen) atoms. The minimum atomic E-state index is -0.933. The SMILES string of the molecule is COCC(Nc1nc(N)c2cnn(C(C)(C)C)c2n1)c1ccc(F)c(F)c1. The van der Waals surface area contributed by atoms with Crippen LogP contribution in [-0.2, 0) is 10.3 Å². The molecule has 2 heterocycles. The zero-order valence-electron chi connectivity index (χ0n) is 15.6. The Kier molecular flexibility index (Phi) is 4.97. The van der Waals surface area contributed by atoms with Gasteiger partial charge in [0, 0.05) is 7.11 Å². The molecule has 3 aromatic rings. The third-order valence-corrected chi connectivity index (χ3v) is 4.08. The van der Waals surface area contributed by atoms with Crippen LogP contribution >= 0.6 is 0 Å². The van der Waals surface area contributed by atoms with Crippen LogP contribution < -0.4 is 11.1 Å². The van der Waals surface area contributed by atoms with Crippen molar-refractivity contribution in [1.82, 2.24) is 19.7 Å². The molecule has 0 amide bonds. The van der Waals surface area contributed by atoms with Crippen molar-refractivity contribution in [3.8, 4) is 0 Å². The minimum absolute atomic E-state index is 0.199. The van der Waals surface area contributed by atoms with Crippen molar-refractivity contribution in [2.45, 2.75) is 32.4 Å². The van der Waals surface area contributed by atoms with Gasteiger partial charge in [-0.25, -0.2) is 13.5 Å². The van der Waals surface area contributed by atoms with Crippen molar-refractivity contribution in [3.05, 3.63) is 41.6 Å². The van der Waals surface area contributed by atoms with E-state index < -0.39 is 17.7 Å². The van der Waals surface area contributed by atoms with Gasteiger partial charge in [0.25, 0.3) is 0 Å². The van der Waals surface area contributed by atoms with Crippen LogP contribution in [0.5, 0.6) is 0 Å². The van der Waals surface area contributed by atoms with E-state index in [1.54, 1.807) is 10.9 Å². The van der Waals surface area contributed by atoms with E-state index in [9.17, 15) is 8.78 Å². The molecule has 0 aliphatic rings. The Morgan fingerprint density at radius 2 is 1.96 bits per heavy atom. The number of nitrogens with zero attached hydrogens (tertiary/aromatic N) is 4. The molecular weight excluding hydrogens is 354 g/mol. The number of nitrogens with two attached hydrogens (primary N) is 1. The van der Waals surface area contributed by atoms with Gasteiger partial charge >= 0.3 is 0 Å². The Morgan fingerprint density at radius 1 is 1.22 bits per heavy atom. The lowest BCUT2D eigenvalue weighted by Crippen LogP contribution is -2.24. The van der Waals surface area contributed by atoms with E-state index in [4.69, 9.17) is 10.5 Å².